The first kappa shape index (κ1) is 14.9. The van der Waals surface area contributed by atoms with Crippen LogP contribution < -0.4 is 10.5 Å². The molecule has 0 aliphatic rings. The summed E-state index contributed by atoms with van der Waals surface area (Å²) in [5, 5.41) is 0. The largest absolute Gasteiger partial charge is 0.434 e. The van der Waals surface area contributed by atoms with E-state index in [0.717, 1.165) is 0 Å². The Morgan fingerprint density at radius 1 is 1.28 bits per heavy atom. The van der Waals surface area contributed by atoms with Gasteiger partial charge in [-0.2, -0.15) is 8.78 Å². The van der Waals surface area contributed by atoms with Gasteiger partial charge in [0, 0.05) is 24.2 Å². The van der Waals surface area contributed by atoms with Gasteiger partial charge in [0.2, 0.25) is 0 Å². The fourth-order valence-corrected chi connectivity index (χ4v) is 1.61. The summed E-state index contributed by atoms with van der Waals surface area (Å²) in [5.74, 6) is 0.150. The Kier molecular flexibility index (Phi) is 5.50. The van der Waals surface area contributed by atoms with E-state index in [9.17, 15) is 8.78 Å². The van der Waals surface area contributed by atoms with Crippen LogP contribution in [0.1, 0.15) is 25.5 Å². The van der Waals surface area contributed by atoms with Crippen molar-refractivity contribution < 1.29 is 13.5 Å². The lowest BCUT2D eigenvalue weighted by molar-refractivity contribution is -0.0506. The molecular formula is C13H20F2N2O. The number of likely N-dealkylation sites (N-methyl/N-ethyl adjacent to an activating group) is 1. The van der Waals surface area contributed by atoms with Gasteiger partial charge in [0.15, 0.2) is 0 Å². The molecule has 0 aliphatic carbocycles. The van der Waals surface area contributed by atoms with E-state index in [4.69, 9.17) is 5.73 Å². The molecule has 0 spiro atoms. The molecule has 1 unspecified atom stereocenters. The maximum absolute atomic E-state index is 12.3. The van der Waals surface area contributed by atoms with Gasteiger partial charge in [-0.25, -0.2) is 0 Å². The molecule has 102 valence electrons. The summed E-state index contributed by atoms with van der Waals surface area (Å²) < 4.78 is 29.0. The van der Waals surface area contributed by atoms with Crippen LogP contribution in [-0.2, 0) is 0 Å². The zero-order valence-corrected chi connectivity index (χ0v) is 10.9. The van der Waals surface area contributed by atoms with Gasteiger partial charge < -0.3 is 15.4 Å². The Morgan fingerprint density at radius 2 is 1.89 bits per heavy atom. The standard InChI is InChI=1S/C13H20F2N2O/c1-9(2)17(3)8-11(16)10-6-4-5-7-12(10)18-13(14)15/h4-7,9,11,13H,8,16H2,1-3H3. The molecule has 0 heterocycles. The third kappa shape index (κ3) is 4.23. The average molecular weight is 258 g/mol. The highest BCUT2D eigenvalue weighted by atomic mass is 19.3. The summed E-state index contributed by atoms with van der Waals surface area (Å²) in [6, 6.07) is 6.64. The summed E-state index contributed by atoms with van der Waals surface area (Å²) in [6.07, 6.45) is 0. The topological polar surface area (TPSA) is 38.5 Å². The van der Waals surface area contributed by atoms with Crippen LogP contribution >= 0.6 is 0 Å². The van der Waals surface area contributed by atoms with Gasteiger partial charge in [0.25, 0.3) is 0 Å². The molecule has 0 amide bonds. The fraction of sp³-hybridized carbons (Fsp3) is 0.538. The second-order valence-electron chi connectivity index (χ2n) is 4.56. The van der Waals surface area contributed by atoms with Gasteiger partial charge in [-0.15, -0.1) is 0 Å². The van der Waals surface area contributed by atoms with Crippen LogP contribution in [0.3, 0.4) is 0 Å². The van der Waals surface area contributed by atoms with Crippen LogP contribution in [0.15, 0.2) is 24.3 Å². The van der Waals surface area contributed by atoms with Crippen molar-refractivity contribution in [2.75, 3.05) is 13.6 Å². The summed E-state index contributed by atoms with van der Waals surface area (Å²) in [6.45, 7) is 1.85. The minimum absolute atomic E-state index is 0.150. The van der Waals surface area contributed by atoms with Crippen molar-refractivity contribution in [2.24, 2.45) is 5.73 Å². The predicted molar refractivity (Wildman–Crippen MR) is 67.8 cm³/mol. The first-order chi connectivity index (χ1) is 8.41. The zero-order valence-electron chi connectivity index (χ0n) is 10.9. The van der Waals surface area contributed by atoms with E-state index in [2.05, 4.69) is 9.64 Å². The van der Waals surface area contributed by atoms with Crippen molar-refractivity contribution in [2.45, 2.75) is 32.5 Å². The van der Waals surface area contributed by atoms with E-state index in [0.29, 0.717) is 18.2 Å². The quantitative estimate of drug-likeness (QED) is 0.852. The lowest BCUT2D eigenvalue weighted by atomic mass is 10.1. The molecular weight excluding hydrogens is 238 g/mol. The number of hydrogen-bond donors (Lipinski definition) is 1. The van der Waals surface area contributed by atoms with Gasteiger partial charge >= 0.3 is 6.61 Å². The van der Waals surface area contributed by atoms with Crippen LogP contribution in [0, 0.1) is 0 Å². The third-order valence-corrected chi connectivity index (χ3v) is 2.90. The number of benzene rings is 1. The Labute approximate surface area is 107 Å². The number of nitrogens with zero attached hydrogens (tertiary/aromatic N) is 1. The van der Waals surface area contributed by atoms with Crippen molar-refractivity contribution in [3.05, 3.63) is 29.8 Å². The van der Waals surface area contributed by atoms with E-state index < -0.39 is 6.61 Å². The number of rotatable bonds is 6. The molecule has 0 aromatic heterocycles. The highest BCUT2D eigenvalue weighted by Crippen LogP contribution is 2.25. The number of alkyl halides is 2. The molecule has 0 aliphatic heterocycles. The molecule has 3 nitrogen and oxygen atoms in total. The third-order valence-electron chi connectivity index (χ3n) is 2.90. The van der Waals surface area contributed by atoms with Crippen molar-refractivity contribution in [1.82, 2.24) is 4.90 Å². The smallest absolute Gasteiger partial charge is 0.387 e. The number of para-hydroxylation sites is 1. The van der Waals surface area contributed by atoms with Gasteiger partial charge in [0.1, 0.15) is 5.75 Å². The van der Waals surface area contributed by atoms with Crippen LogP contribution in [0.5, 0.6) is 5.75 Å². The zero-order chi connectivity index (χ0) is 13.7. The molecule has 5 heteroatoms. The number of nitrogens with two attached hydrogens (primary N) is 1. The van der Waals surface area contributed by atoms with Crippen LogP contribution in [0.2, 0.25) is 0 Å². The fourth-order valence-electron chi connectivity index (χ4n) is 1.61. The molecule has 2 N–H and O–H groups in total. The van der Waals surface area contributed by atoms with E-state index in [1.807, 2.05) is 20.9 Å². The Hall–Kier alpha value is -1.20. The molecule has 0 saturated carbocycles. The second kappa shape index (κ2) is 6.66. The summed E-state index contributed by atoms with van der Waals surface area (Å²) >= 11 is 0. The first-order valence-electron chi connectivity index (χ1n) is 5.91. The number of ether oxygens (including phenoxy) is 1. The number of hydrogen-bond acceptors (Lipinski definition) is 3. The Balaban J connectivity index is 2.81. The van der Waals surface area contributed by atoms with E-state index in [1.165, 1.54) is 6.07 Å². The lowest BCUT2D eigenvalue weighted by Crippen LogP contribution is -2.34. The molecule has 1 atom stereocenters. The molecule has 18 heavy (non-hydrogen) atoms. The van der Waals surface area contributed by atoms with Crippen LogP contribution in [0.4, 0.5) is 8.78 Å². The predicted octanol–water partition coefficient (Wildman–Crippen LogP) is 2.63. The molecule has 1 rings (SSSR count). The van der Waals surface area contributed by atoms with E-state index >= 15 is 0 Å². The lowest BCUT2D eigenvalue weighted by Gasteiger charge is -2.25. The van der Waals surface area contributed by atoms with Crippen molar-refractivity contribution in [3.63, 3.8) is 0 Å². The van der Waals surface area contributed by atoms with E-state index in [-0.39, 0.29) is 11.8 Å². The summed E-state index contributed by atoms with van der Waals surface area (Å²) in [4.78, 5) is 2.06. The Morgan fingerprint density at radius 3 is 2.44 bits per heavy atom. The Bertz CT molecular complexity index is 372. The van der Waals surface area contributed by atoms with E-state index in [1.54, 1.807) is 18.2 Å². The van der Waals surface area contributed by atoms with Gasteiger partial charge in [-0.05, 0) is 27.0 Å². The molecule has 0 bridgehead atoms. The van der Waals surface area contributed by atoms with Crippen molar-refractivity contribution in [3.8, 4) is 5.75 Å². The average Bonchev–Trinajstić information content (AvgIpc) is 2.28. The maximum atomic E-state index is 12.3. The highest BCUT2D eigenvalue weighted by Gasteiger charge is 2.17. The molecule has 1 aromatic rings. The number of halogens is 2. The highest BCUT2D eigenvalue weighted by molar-refractivity contribution is 5.36. The van der Waals surface area contributed by atoms with Crippen molar-refractivity contribution >= 4 is 0 Å². The minimum Gasteiger partial charge on any atom is -0.434 e. The van der Waals surface area contributed by atoms with Gasteiger partial charge in [-0.3, -0.25) is 0 Å². The SMILES string of the molecule is CC(C)N(C)CC(N)c1ccccc1OC(F)F. The monoisotopic (exact) mass is 258 g/mol. The van der Waals surface area contributed by atoms with Gasteiger partial charge in [-0.1, -0.05) is 18.2 Å². The van der Waals surface area contributed by atoms with Crippen LogP contribution in [0.25, 0.3) is 0 Å². The summed E-state index contributed by atoms with van der Waals surface area (Å²) in [5.41, 5.74) is 6.65. The minimum atomic E-state index is -2.83. The second-order valence-corrected chi connectivity index (χ2v) is 4.56. The van der Waals surface area contributed by atoms with Crippen LogP contribution in [-0.4, -0.2) is 31.1 Å². The molecule has 0 fully saturated rings. The molecule has 0 saturated heterocycles. The first-order valence-corrected chi connectivity index (χ1v) is 5.91. The maximum Gasteiger partial charge on any atom is 0.387 e. The summed E-state index contributed by atoms with van der Waals surface area (Å²) in [7, 11) is 1.95. The van der Waals surface area contributed by atoms with Crippen molar-refractivity contribution in [1.29, 1.82) is 0 Å². The van der Waals surface area contributed by atoms with Gasteiger partial charge in [0.05, 0.1) is 0 Å². The molecule has 0 radical (unpaired) electrons. The molecule has 1 aromatic carbocycles. The normalized spacial score (nSPS) is 13.4.